The standard InChI is InChI=1S/C24H25FN4O3S/c25-18-3-1-17(2-4-18)23(31)28-9-7-16(8-10-28)22(30)26-19-5-6-20-21(15-19)33-24(27-20)29-11-13-32-14-12-29/h1-6,15-16H,7-14H2,(H,26,30). The first-order valence-electron chi connectivity index (χ1n) is 11.2. The van der Waals surface area contributed by atoms with Crippen LogP contribution in [0, 0.1) is 11.7 Å². The zero-order chi connectivity index (χ0) is 22.8. The highest BCUT2D eigenvalue weighted by Gasteiger charge is 2.28. The lowest BCUT2D eigenvalue weighted by Gasteiger charge is -2.31. The highest BCUT2D eigenvalue weighted by Crippen LogP contribution is 2.31. The molecule has 2 aromatic carbocycles. The predicted molar refractivity (Wildman–Crippen MR) is 126 cm³/mol. The minimum atomic E-state index is -0.365. The van der Waals surface area contributed by atoms with Gasteiger partial charge in [-0.05, 0) is 55.3 Å². The number of piperidine rings is 1. The Hall–Kier alpha value is -3.04. The molecule has 0 aliphatic carbocycles. The van der Waals surface area contributed by atoms with E-state index in [2.05, 4.69) is 10.2 Å². The minimum absolute atomic E-state index is 0.0267. The lowest BCUT2D eigenvalue weighted by atomic mass is 9.95. The van der Waals surface area contributed by atoms with Crippen molar-refractivity contribution in [3.05, 3.63) is 53.8 Å². The number of aromatic nitrogens is 1. The Labute approximate surface area is 195 Å². The number of halogens is 1. The van der Waals surface area contributed by atoms with Gasteiger partial charge in [0.05, 0.1) is 23.4 Å². The SMILES string of the molecule is O=C(Nc1ccc2nc(N3CCOCC3)sc2c1)C1CCN(C(=O)c2ccc(F)cc2)CC1. The van der Waals surface area contributed by atoms with E-state index in [1.54, 1.807) is 16.2 Å². The van der Waals surface area contributed by atoms with Crippen LogP contribution < -0.4 is 10.2 Å². The van der Waals surface area contributed by atoms with Gasteiger partial charge in [-0.25, -0.2) is 9.37 Å². The van der Waals surface area contributed by atoms with Gasteiger partial charge in [0, 0.05) is 43.3 Å². The van der Waals surface area contributed by atoms with Crippen LogP contribution in [0.2, 0.25) is 0 Å². The van der Waals surface area contributed by atoms with Crippen molar-refractivity contribution in [2.45, 2.75) is 12.8 Å². The largest absolute Gasteiger partial charge is 0.378 e. The number of hydrogen-bond donors (Lipinski definition) is 1. The Bertz CT molecular complexity index is 1150. The molecular formula is C24H25FN4O3S. The van der Waals surface area contributed by atoms with Crippen LogP contribution >= 0.6 is 11.3 Å². The van der Waals surface area contributed by atoms with Crippen molar-refractivity contribution in [1.82, 2.24) is 9.88 Å². The molecule has 0 saturated carbocycles. The number of thiazole rings is 1. The maximum atomic E-state index is 13.1. The lowest BCUT2D eigenvalue weighted by Crippen LogP contribution is -2.41. The molecule has 5 rings (SSSR count). The number of carbonyl (C=O) groups is 2. The summed E-state index contributed by atoms with van der Waals surface area (Å²) in [6, 6.07) is 11.4. The number of carbonyl (C=O) groups excluding carboxylic acids is 2. The van der Waals surface area contributed by atoms with Crippen molar-refractivity contribution in [3.63, 3.8) is 0 Å². The molecule has 1 aromatic heterocycles. The average Bonchev–Trinajstić information content (AvgIpc) is 3.28. The molecule has 0 radical (unpaired) electrons. The molecule has 0 atom stereocenters. The van der Waals surface area contributed by atoms with E-state index >= 15 is 0 Å². The Kier molecular flexibility index (Phi) is 6.24. The smallest absolute Gasteiger partial charge is 0.253 e. The van der Waals surface area contributed by atoms with E-state index in [4.69, 9.17) is 9.72 Å². The van der Waals surface area contributed by atoms with Crippen LogP contribution in [-0.4, -0.2) is 61.1 Å². The number of nitrogens with one attached hydrogen (secondary N) is 1. The molecule has 172 valence electrons. The van der Waals surface area contributed by atoms with E-state index < -0.39 is 0 Å². The second-order valence-electron chi connectivity index (χ2n) is 8.34. The molecular weight excluding hydrogens is 443 g/mol. The van der Waals surface area contributed by atoms with Gasteiger partial charge < -0.3 is 19.9 Å². The van der Waals surface area contributed by atoms with E-state index in [0.717, 1.165) is 34.1 Å². The van der Waals surface area contributed by atoms with Gasteiger partial charge in [0.2, 0.25) is 5.91 Å². The molecule has 0 unspecified atom stereocenters. The minimum Gasteiger partial charge on any atom is -0.378 e. The number of fused-ring (bicyclic) bond motifs is 1. The van der Waals surface area contributed by atoms with Crippen molar-refractivity contribution in [3.8, 4) is 0 Å². The number of amides is 2. The Morgan fingerprint density at radius 2 is 1.76 bits per heavy atom. The number of nitrogens with zero attached hydrogens (tertiary/aromatic N) is 3. The van der Waals surface area contributed by atoms with E-state index in [9.17, 15) is 14.0 Å². The van der Waals surface area contributed by atoms with E-state index in [1.807, 2.05) is 18.2 Å². The number of likely N-dealkylation sites (tertiary alicyclic amines) is 1. The fraction of sp³-hybridized carbons (Fsp3) is 0.375. The summed E-state index contributed by atoms with van der Waals surface area (Å²) in [6.45, 7) is 4.12. The van der Waals surface area contributed by atoms with Crippen LogP contribution in [0.5, 0.6) is 0 Å². The molecule has 3 aromatic rings. The summed E-state index contributed by atoms with van der Waals surface area (Å²) < 4.78 is 19.6. The van der Waals surface area contributed by atoms with Crippen LogP contribution in [0.15, 0.2) is 42.5 Å². The average molecular weight is 469 g/mol. The summed E-state index contributed by atoms with van der Waals surface area (Å²) in [6.07, 6.45) is 1.20. The summed E-state index contributed by atoms with van der Waals surface area (Å²) in [7, 11) is 0. The van der Waals surface area contributed by atoms with Crippen LogP contribution in [0.25, 0.3) is 10.2 Å². The number of ether oxygens (including phenoxy) is 1. The van der Waals surface area contributed by atoms with Gasteiger partial charge in [0.25, 0.3) is 5.91 Å². The topological polar surface area (TPSA) is 74.8 Å². The highest BCUT2D eigenvalue weighted by atomic mass is 32.1. The van der Waals surface area contributed by atoms with Crippen LogP contribution in [-0.2, 0) is 9.53 Å². The molecule has 1 N–H and O–H groups in total. The third-order valence-corrected chi connectivity index (χ3v) is 7.25. The van der Waals surface area contributed by atoms with Crippen molar-refractivity contribution < 1.29 is 18.7 Å². The Morgan fingerprint density at radius 3 is 2.48 bits per heavy atom. The number of anilines is 2. The summed E-state index contributed by atoms with van der Waals surface area (Å²) >= 11 is 1.62. The first kappa shape index (κ1) is 21.8. The molecule has 2 amide bonds. The molecule has 9 heteroatoms. The van der Waals surface area contributed by atoms with Crippen molar-refractivity contribution in [2.75, 3.05) is 49.6 Å². The zero-order valence-corrected chi connectivity index (χ0v) is 18.9. The summed E-state index contributed by atoms with van der Waals surface area (Å²) in [5, 5.41) is 4.02. The first-order chi connectivity index (χ1) is 16.1. The van der Waals surface area contributed by atoms with Gasteiger partial charge in [-0.15, -0.1) is 0 Å². The lowest BCUT2D eigenvalue weighted by molar-refractivity contribution is -0.121. The normalized spacial score (nSPS) is 17.4. The van der Waals surface area contributed by atoms with Gasteiger partial charge in [-0.1, -0.05) is 11.3 Å². The van der Waals surface area contributed by atoms with Gasteiger partial charge in [-0.3, -0.25) is 9.59 Å². The monoisotopic (exact) mass is 468 g/mol. The molecule has 2 aliphatic rings. The highest BCUT2D eigenvalue weighted by molar-refractivity contribution is 7.22. The van der Waals surface area contributed by atoms with Crippen LogP contribution in [0.4, 0.5) is 15.2 Å². The number of rotatable bonds is 4. The molecule has 2 saturated heterocycles. The molecule has 0 bridgehead atoms. The van der Waals surface area contributed by atoms with Crippen LogP contribution in [0.3, 0.4) is 0 Å². The van der Waals surface area contributed by atoms with Crippen molar-refractivity contribution in [1.29, 1.82) is 0 Å². The molecule has 33 heavy (non-hydrogen) atoms. The quantitative estimate of drug-likeness (QED) is 0.631. The molecule has 0 spiro atoms. The third kappa shape index (κ3) is 4.84. The predicted octanol–water partition coefficient (Wildman–Crippen LogP) is 3.76. The fourth-order valence-corrected chi connectivity index (χ4v) is 5.30. The number of benzene rings is 2. The van der Waals surface area contributed by atoms with Gasteiger partial charge >= 0.3 is 0 Å². The second-order valence-corrected chi connectivity index (χ2v) is 9.35. The second kappa shape index (κ2) is 9.44. The number of morpholine rings is 1. The van der Waals surface area contributed by atoms with Gasteiger partial charge in [0.15, 0.2) is 5.13 Å². The fourth-order valence-electron chi connectivity index (χ4n) is 4.24. The molecule has 2 fully saturated rings. The van der Waals surface area contributed by atoms with Crippen molar-refractivity contribution >= 4 is 44.2 Å². The molecule has 3 heterocycles. The van der Waals surface area contributed by atoms with Gasteiger partial charge in [-0.2, -0.15) is 0 Å². The molecule has 2 aliphatic heterocycles. The summed E-state index contributed by atoms with van der Waals surface area (Å²) in [5.41, 5.74) is 2.15. The third-order valence-electron chi connectivity index (χ3n) is 6.17. The Balaban J connectivity index is 1.18. The maximum Gasteiger partial charge on any atom is 0.253 e. The molecule has 7 nitrogen and oxygen atoms in total. The zero-order valence-electron chi connectivity index (χ0n) is 18.1. The summed E-state index contributed by atoms with van der Waals surface area (Å²) in [4.78, 5) is 34.1. The van der Waals surface area contributed by atoms with E-state index in [0.29, 0.717) is 44.7 Å². The summed E-state index contributed by atoms with van der Waals surface area (Å²) in [5.74, 6) is -0.666. The van der Waals surface area contributed by atoms with Crippen LogP contribution in [0.1, 0.15) is 23.2 Å². The first-order valence-corrected chi connectivity index (χ1v) is 12.0. The maximum absolute atomic E-state index is 13.1. The van der Waals surface area contributed by atoms with E-state index in [1.165, 1.54) is 24.3 Å². The van der Waals surface area contributed by atoms with Crippen molar-refractivity contribution in [2.24, 2.45) is 5.92 Å². The Morgan fingerprint density at radius 1 is 1.03 bits per heavy atom. The van der Waals surface area contributed by atoms with E-state index in [-0.39, 0.29) is 23.5 Å². The van der Waals surface area contributed by atoms with Gasteiger partial charge in [0.1, 0.15) is 5.82 Å². The number of hydrogen-bond acceptors (Lipinski definition) is 6.